The summed E-state index contributed by atoms with van der Waals surface area (Å²) in [6.45, 7) is 1.99. The van der Waals surface area contributed by atoms with E-state index in [0.717, 1.165) is 43.7 Å². The van der Waals surface area contributed by atoms with Crippen LogP contribution in [0.3, 0.4) is 0 Å². The maximum Gasteiger partial charge on any atom is 0.123 e. The van der Waals surface area contributed by atoms with Gasteiger partial charge in [-0.1, -0.05) is 0 Å². The summed E-state index contributed by atoms with van der Waals surface area (Å²) >= 11 is 0. The Morgan fingerprint density at radius 2 is 2.00 bits per heavy atom. The van der Waals surface area contributed by atoms with Gasteiger partial charge in [0.2, 0.25) is 0 Å². The summed E-state index contributed by atoms with van der Waals surface area (Å²) in [5.74, 6) is 0.710. The van der Waals surface area contributed by atoms with Crippen LogP contribution in [0.5, 0.6) is 5.75 Å². The molecule has 2 aliphatic rings. The second-order valence-electron chi connectivity index (χ2n) is 4.46. The minimum atomic E-state index is -0.164. The van der Waals surface area contributed by atoms with Gasteiger partial charge in [0.1, 0.15) is 17.2 Å². The van der Waals surface area contributed by atoms with E-state index in [9.17, 15) is 4.39 Å². The van der Waals surface area contributed by atoms with Crippen molar-refractivity contribution >= 4 is 17.0 Å². The molecule has 2 nitrogen and oxygen atoms in total. The Labute approximate surface area is 105 Å². The van der Waals surface area contributed by atoms with E-state index in [1.54, 1.807) is 12.1 Å². The van der Waals surface area contributed by atoms with Crippen LogP contribution < -0.4 is 10.1 Å². The van der Waals surface area contributed by atoms with Gasteiger partial charge in [0, 0.05) is 12.0 Å². The topological polar surface area (TPSA) is 21.3 Å². The molecule has 88 valence electrons. The monoisotopic (exact) mass is 287 g/mol. The van der Waals surface area contributed by atoms with E-state index < -0.39 is 0 Å². The lowest BCUT2D eigenvalue weighted by atomic mass is 9.88. The van der Waals surface area contributed by atoms with Gasteiger partial charge in [-0.25, -0.2) is 4.39 Å². The fourth-order valence-electron chi connectivity index (χ4n) is 2.56. The van der Waals surface area contributed by atoms with Gasteiger partial charge < -0.3 is 10.1 Å². The molecule has 1 aromatic carbocycles. The van der Waals surface area contributed by atoms with Crippen molar-refractivity contribution in [3.63, 3.8) is 0 Å². The SMILES string of the molecule is Br.Fc1ccc2c(c1)CC1(CCNCC1)O2. The zero-order chi connectivity index (χ0) is 10.3. The maximum atomic E-state index is 13.0. The molecular weight excluding hydrogens is 273 g/mol. The largest absolute Gasteiger partial charge is 0.487 e. The van der Waals surface area contributed by atoms with Crippen LogP contribution in [0.1, 0.15) is 18.4 Å². The molecular formula is C12H15BrFNO. The molecule has 0 aromatic heterocycles. The summed E-state index contributed by atoms with van der Waals surface area (Å²) < 4.78 is 19.0. The summed E-state index contributed by atoms with van der Waals surface area (Å²) in [5, 5.41) is 3.32. The Morgan fingerprint density at radius 1 is 1.25 bits per heavy atom. The van der Waals surface area contributed by atoms with Gasteiger partial charge >= 0.3 is 0 Å². The van der Waals surface area contributed by atoms with Crippen molar-refractivity contribution in [1.29, 1.82) is 0 Å². The average molecular weight is 288 g/mol. The first kappa shape index (κ1) is 11.9. The normalized spacial score (nSPS) is 21.1. The number of fused-ring (bicyclic) bond motifs is 1. The Kier molecular flexibility index (Phi) is 3.22. The molecule has 1 saturated heterocycles. The van der Waals surface area contributed by atoms with Crippen molar-refractivity contribution < 1.29 is 9.13 Å². The number of hydrogen-bond donors (Lipinski definition) is 1. The first-order valence-electron chi connectivity index (χ1n) is 5.46. The van der Waals surface area contributed by atoms with Crippen molar-refractivity contribution in [2.75, 3.05) is 13.1 Å². The highest BCUT2D eigenvalue weighted by Gasteiger charge is 2.40. The lowest BCUT2D eigenvalue weighted by Crippen LogP contribution is -2.45. The summed E-state index contributed by atoms with van der Waals surface area (Å²) in [6.07, 6.45) is 2.90. The van der Waals surface area contributed by atoms with Gasteiger partial charge in [-0.15, -0.1) is 17.0 Å². The van der Waals surface area contributed by atoms with Crippen molar-refractivity contribution in [3.05, 3.63) is 29.6 Å². The van der Waals surface area contributed by atoms with Crippen LogP contribution in [-0.2, 0) is 6.42 Å². The van der Waals surface area contributed by atoms with E-state index in [4.69, 9.17) is 4.74 Å². The first-order valence-corrected chi connectivity index (χ1v) is 5.46. The summed E-state index contributed by atoms with van der Waals surface area (Å²) in [6, 6.07) is 4.83. The maximum absolute atomic E-state index is 13.0. The molecule has 0 aliphatic carbocycles. The smallest absolute Gasteiger partial charge is 0.123 e. The van der Waals surface area contributed by atoms with E-state index >= 15 is 0 Å². The van der Waals surface area contributed by atoms with E-state index in [-0.39, 0.29) is 28.4 Å². The molecule has 0 saturated carbocycles. The molecule has 0 atom stereocenters. The van der Waals surface area contributed by atoms with Gasteiger partial charge in [0.15, 0.2) is 0 Å². The van der Waals surface area contributed by atoms with Crippen LogP contribution in [0.2, 0.25) is 0 Å². The highest BCUT2D eigenvalue weighted by molar-refractivity contribution is 8.93. The molecule has 0 bridgehead atoms. The molecule has 1 N–H and O–H groups in total. The van der Waals surface area contributed by atoms with Gasteiger partial charge in [0.25, 0.3) is 0 Å². The fraction of sp³-hybridized carbons (Fsp3) is 0.500. The first-order chi connectivity index (χ1) is 7.27. The number of ether oxygens (including phenoxy) is 1. The summed E-state index contributed by atoms with van der Waals surface area (Å²) in [5.41, 5.74) is 0.971. The molecule has 16 heavy (non-hydrogen) atoms. The Bertz CT molecular complexity index is 391. The van der Waals surface area contributed by atoms with Gasteiger partial charge in [-0.05, 0) is 44.1 Å². The van der Waals surface area contributed by atoms with E-state index in [0.29, 0.717) is 0 Å². The molecule has 1 fully saturated rings. The predicted molar refractivity (Wildman–Crippen MR) is 65.9 cm³/mol. The second-order valence-corrected chi connectivity index (χ2v) is 4.46. The molecule has 0 amide bonds. The van der Waals surface area contributed by atoms with E-state index in [1.807, 2.05) is 0 Å². The molecule has 4 heteroatoms. The molecule has 0 unspecified atom stereocenters. The minimum Gasteiger partial charge on any atom is -0.487 e. The van der Waals surface area contributed by atoms with Gasteiger partial charge in [0.05, 0.1) is 0 Å². The number of nitrogens with one attached hydrogen (secondary N) is 1. The third-order valence-corrected chi connectivity index (χ3v) is 3.38. The second kappa shape index (κ2) is 4.34. The van der Waals surface area contributed by atoms with Gasteiger partial charge in [-0.2, -0.15) is 0 Å². The zero-order valence-electron chi connectivity index (χ0n) is 8.96. The Morgan fingerprint density at radius 3 is 2.75 bits per heavy atom. The van der Waals surface area contributed by atoms with Crippen LogP contribution in [0.15, 0.2) is 18.2 Å². The predicted octanol–water partition coefficient (Wildman–Crippen LogP) is 2.46. The van der Waals surface area contributed by atoms with E-state index in [2.05, 4.69) is 5.32 Å². The number of halogens is 2. The lowest BCUT2D eigenvalue weighted by Gasteiger charge is -2.33. The highest BCUT2D eigenvalue weighted by Crippen LogP contribution is 2.39. The number of hydrogen-bond acceptors (Lipinski definition) is 2. The summed E-state index contributed by atoms with van der Waals surface area (Å²) in [4.78, 5) is 0. The Balaban J connectivity index is 0.000000963. The molecule has 1 spiro atoms. The summed E-state index contributed by atoms with van der Waals surface area (Å²) in [7, 11) is 0. The van der Waals surface area contributed by atoms with Crippen LogP contribution in [0.4, 0.5) is 4.39 Å². The van der Waals surface area contributed by atoms with Crippen LogP contribution in [0, 0.1) is 5.82 Å². The van der Waals surface area contributed by atoms with Gasteiger partial charge in [-0.3, -0.25) is 0 Å². The van der Waals surface area contributed by atoms with E-state index in [1.165, 1.54) is 6.07 Å². The molecule has 3 rings (SSSR count). The van der Waals surface area contributed by atoms with Crippen molar-refractivity contribution in [3.8, 4) is 5.75 Å². The fourth-order valence-corrected chi connectivity index (χ4v) is 2.56. The quantitative estimate of drug-likeness (QED) is 0.792. The number of piperidine rings is 1. The van der Waals surface area contributed by atoms with Crippen LogP contribution >= 0.6 is 17.0 Å². The van der Waals surface area contributed by atoms with Crippen molar-refractivity contribution in [2.45, 2.75) is 24.9 Å². The highest BCUT2D eigenvalue weighted by atomic mass is 79.9. The van der Waals surface area contributed by atoms with Crippen molar-refractivity contribution in [2.24, 2.45) is 0 Å². The standard InChI is InChI=1S/C12H14FNO.BrH/c13-10-1-2-11-9(7-10)8-12(15-11)3-5-14-6-4-12;/h1-2,7,14H,3-6,8H2;1H. The average Bonchev–Trinajstić information content (AvgIpc) is 2.56. The zero-order valence-corrected chi connectivity index (χ0v) is 10.7. The number of rotatable bonds is 0. The Hall–Kier alpha value is -0.610. The van der Waals surface area contributed by atoms with Crippen molar-refractivity contribution in [1.82, 2.24) is 5.32 Å². The molecule has 2 aliphatic heterocycles. The molecule has 0 radical (unpaired) electrons. The third-order valence-electron chi connectivity index (χ3n) is 3.38. The number of benzene rings is 1. The third kappa shape index (κ3) is 1.96. The minimum absolute atomic E-state index is 0. The van der Waals surface area contributed by atoms with Crippen LogP contribution in [-0.4, -0.2) is 18.7 Å². The molecule has 1 aromatic rings. The lowest BCUT2D eigenvalue weighted by molar-refractivity contribution is 0.0600. The van der Waals surface area contributed by atoms with Crippen LogP contribution in [0.25, 0.3) is 0 Å². The molecule has 2 heterocycles.